The van der Waals surface area contributed by atoms with Gasteiger partial charge in [-0.05, 0) is 35.2 Å². The Kier molecular flexibility index (Phi) is 5.14. The van der Waals surface area contributed by atoms with Crippen LogP contribution in [0.3, 0.4) is 0 Å². The molecule has 25 heavy (non-hydrogen) atoms. The lowest BCUT2D eigenvalue weighted by atomic mass is 9.94. The maximum absolute atomic E-state index is 11.7. The summed E-state index contributed by atoms with van der Waals surface area (Å²) in [6, 6.07) is 25.1. The minimum Gasteiger partial charge on any atom is -0.508 e. The minimum atomic E-state index is -0.380. The van der Waals surface area contributed by atoms with Gasteiger partial charge in [-0.2, -0.15) is 0 Å². The minimum absolute atomic E-state index is 0.137. The zero-order valence-electron chi connectivity index (χ0n) is 14.1. The van der Waals surface area contributed by atoms with E-state index in [0.29, 0.717) is 5.56 Å². The maximum atomic E-state index is 11.7. The Balaban J connectivity index is 1.97. The van der Waals surface area contributed by atoms with Crippen molar-refractivity contribution in [1.82, 2.24) is 5.32 Å². The predicted molar refractivity (Wildman–Crippen MR) is 99.5 cm³/mol. The quantitative estimate of drug-likeness (QED) is 0.736. The normalized spacial score (nSPS) is 11.7. The van der Waals surface area contributed by atoms with E-state index in [4.69, 9.17) is 0 Å². The van der Waals surface area contributed by atoms with E-state index < -0.39 is 0 Å². The van der Waals surface area contributed by atoms with Crippen LogP contribution in [0.1, 0.15) is 35.2 Å². The van der Waals surface area contributed by atoms with Gasteiger partial charge >= 0.3 is 0 Å². The largest absolute Gasteiger partial charge is 0.508 e. The van der Waals surface area contributed by atoms with Crippen molar-refractivity contribution in [2.45, 2.75) is 19.4 Å². The first-order chi connectivity index (χ1) is 12.1. The summed E-state index contributed by atoms with van der Waals surface area (Å²) in [4.78, 5) is 11.7. The van der Waals surface area contributed by atoms with Crippen LogP contribution in [0.15, 0.2) is 78.9 Å². The van der Waals surface area contributed by atoms with Gasteiger partial charge in [0.15, 0.2) is 0 Å². The highest BCUT2D eigenvalue weighted by Gasteiger charge is 2.19. The van der Waals surface area contributed by atoms with E-state index in [2.05, 4.69) is 17.4 Å². The third-order valence-electron chi connectivity index (χ3n) is 4.13. The van der Waals surface area contributed by atoms with Crippen molar-refractivity contribution in [2.75, 3.05) is 0 Å². The molecule has 3 aromatic carbocycles. The monoisotopic (exact) mass is 331 g/mol. The first-order valence-corrected chi connectivity index (χ1v) is 8.31. The Bertz CT molecular complexity index is 844. The molecule has 0 aliphatic rings. The molecule has 3 rings (SSSR count). The summed E-state index contributed by atoms with van der Waals surface area (Å²) in [5.74, 6) is 0.0427. The molecule has 0 heterocycles. The Morgan fingerprint density at radius 1 is 0.920 bits per heavy atom. The number of aromatic hydroxyl groups is 1. The van der Waals surface area contributed by atoms with Gasteiger partial charge in [0.1, 0.15) is 5.75 Å². The first kappa shape index (κ1) is 16.8. The second kappa shape index (κ2) is 7.67. The fraction of sp³-hybridized carbons (Fsp3) is 0.136. The fourth-order valence-corrected chi connectivity index (χ4v) is 2.97. The second-order valence-corrected chi connectivity index (χ2v) is 6.10. The number of hydrogen-bond acceptors (Lipinski definition) is 2. The summed E-state index contributed by atoms with van der Waals surface area (Å²) in [6.45, 7) is 1.49. The van der Waals surface area contributed by atoms with Crippen LogP contribution in [0.25, 0.3) is 0 Å². The summed E-state index contributed by atoms with van der Waals surface area (Å²) in [6.07, 6.45) is 0.774. The summed E-state index contributed by atoms with van der Waals surface area (Å²) in [5.41, 5.74) is 3.93. The summed E-state index contributed by atoms with van der Waals surface area (Å²) in [5, 5.41) is 13.3. The molecule has 0 aliphatic carbocycles. The topological polar surface area (TPSA) is 49.3 Å². The van der Waals surface area contributed by atoms with Crippen molar-refractivity contribution in [3.63, 3.8) is 0 Å². The van der Waals surface area contributed by atoms with Gasteiger partial charge in [0.2, 0.25) is 5.91 Å². The molecule has 126 valence electrons. The van der Waals surface area contributed by atoms with Gasteiger partial charge in [0, 0.05) is 12.5 Å². The van der Waals surface area contributed by atoms with Crippen molar-refractivity contribution in [2.24, 2.45) is 0 Å². The molecule has 0 fully saturated rings. The first-order valence-electron chi connectivity index (χ1n) is 8.31. The van der Waals surface area contributed by atoms with Gasteiger partial charge in [-0.25, -0.2) is 0 Å². The average Bonchev–Trinajstić information content (AvgIpc) is 2.63. The lowest BCUT2D eigenvalue weighted by molar-refractivity contribution is -0.119. The van der Waals surface area contributed by atoms with Crippen molar-refractivity contribution >= 4 is 5.91 Å². The van der Waals surface area contributed by atoms with E-state index in [9.17, 15) is 9.90 Å². The second-order valence-electron chi connectivity index (χ2n) is 6.10. The van der Waals surface area contributed by atoms with E-state index in [1.54, 1.807) is 6.07 Å². The number of hydrogen-bond donors (Lipinski definition) is 2. The van der Waals surface area contributed by atoms with Crippen molar-refractivity contribution in [1.29, 1.82) is 0 Å². The van der Waals surface area contributed by atoms with Crippen LogP contribution in [0, 0.1) is 0 Å². The highest BCUT2D eigenvalue weighted by molar-refractivity contribution is 5.74. The van der Waals surface area contributed by atoms with E-state index in [1.807, 2.05) is 60.7 Å². The van der Waals surface area contributed by atoms with Crippen LogP contribution in [-0.4, -0.2) is 11.0 Å². The summed E-state index contributed by atoms with van der Waals surface area (Å²) < 4.78 is 0. The Hall–Kier alpha value is -3.07. The molecule has 0 radical (unpaired) electrons. The number of phenols is 1. The molecule has 3 heteroatoms. The van der Waals surface area contributed by atoms with E-state index in [0.717, 1.165) is 17.5 Å². The van der Waals surface area contributed by atoms with E-state index in [1.165, 1.54) is 12.5 Å². The third kappa shape index (κ3) is 4.27. The number of phenolic OH excluding ortho intramolecular Hbond substituents is 1. The number of benzene rings is 3. The fourth-order valence-electron chi connectivity index (χ4n) is 2.97. The predicted octanol–water partition coefficient (Wildman–Crippen LogP) is 4.21. The molecular weight excluding hydrogens is 310 g/mol. The Labute approximate surface area is 148 Å². The van der Waals surface area contributed by atoms with Crippen LogP contribution in [0.2, 0.25) is 0 Å². The number of nitrogens with one attached hydrogen (secondary N) is 1. The van der Waals surface area contributed by atoms with Crippen molar-refractivity contribution < 1.29 is 9.90 Å². The number of amides is 1. The molecule has 0 aliphatic heterocycles. The van der Waals surface area contributed by atoms with E-state index >= 15 is 0 Å². The number of carbonyl (C=O) groups is 1. The summed E-state index contributed by atoms with van der Waals surface area (Å²) in [7, 11) is 0. The van der Waals surface area contributed by atoms with Crippen LogP contribution < -0.4 is 5.32 Å². The SMILES string of the molecule is CC(=O)NC(c1ccccc1)c1cc(Cc2ccccc2)ccc1O. The van der Waals surface area contributed by atoms with Gasteiger partial charge < -0.3 is 10.4 Å². The zero-order chi connectivity index (χ0) is 17.6. The highest BCUT2D eigenvalue weighted by atomic mass is 16.3. The smallest absolute Gasteiger partial charge is 0.217 e. The van der Waals surface area contributed by atoms with Crippen LogP contribution in [0.4, 0.5) is 0 Å². The number of carbonyl (C=O) groups excluding carboxylic acids is 1. The maximum Gasteiger partial charge on any atom is 0.217 e. The molecule has 0 saturated carbocycles. The molecule has 0 bridgehead atoms. The molecule has 0 saturated heterocycles. The molecule has 0 aromatic heterocycles. The van der Waals surface area contributed by atoms with E-state index in [-0.39, 0.29) is 17.7 Å². The number of rotatable bonds is 5. The average molecular weight is 331 g/mol. The molecule has 1 atom stereocenters. The van der Waals surface area contributed by atoms with Crippen LogP contribution in [0.5, 0.6) is 5.75 Å². The molecule has 3 nitrogen and oxygen atoms in total. The van der Waals surface area contributed by atoms with Crippen LogP contribution in [-0.2, 0) is 11.2 Å². The van der Waals surface area contributed by atoms with Gasteiger partial charge in [0.25, 0.3) is 0 Å². The Morgan fingerprint density at radius 2 is 1.56 bits per heavy atom. The zero-order valence-corrected chi connectivity index (χ0v) is 14.1. The molecule has 1 amide bonds. The van der Waals surface area contributed by atoms with Gasteiger partial charge in [-0.3, -0.25) is 4.79 Å². The molecule has 3 aromatic rings. The summed E-state index contributed by atoms with van der Waals surface area (Å²) >= 11 is 0. The van der Waals surface area contributed by atoms with Gasteiger partial charge in [-0.1, -0.05) is 66.7 Å². The van der Waals surface area contributed by atoms with Crippen LogP contribution >= 0.6 is 0 Å². The molecule has 2 N–H and O–H groups in total. The lowest BCUT2D eigenvalue weighted by Crippen LogP contribution is -2.27. The molecular formula is C22H21NO2. The Morgan fingerprint density at radius 3 is 2.20 bits per heavy atom. The van der Waals surface area contributed by atoms with Crippen molar-refractivity contribution in [3.05, 3.63) is 101 Å². The van der Waals surface area contributed by atoms with Gasteiger partial charge in [0.05, 0.1) is 6.04 Å². The standard InChI is InChI=1S/C22H21NO2/c1-16(24)23-22(19-10-6-3-7-11-19)20-15-18(12-13-21(20)25)14-17-8-4-2-5-9-17/h2-13,15,22,25H,14H2,1H3,(H,23,24). The highest BCUT2D eigenvalue weighted by Crippen LogP contribution is 2.31. The van der Waals surface area contributed by atoms with Crippen molar-refractivity contribution in [3.8, 4) is 5.75 Å². The molecule has 1 unspecified atom stereocenters. The van der Waals surface area contributed by atoms with Gasteiger partial charge in [-0.15, -0.1) is 0 Å². The lowest BCUT2D eigenvalue weighted by Gasteiger charge is -2.21. The third-order valence-corrected chi connectivity index (χ3v) is 4.13. The molecule has 0 spiro atoms.